The van der Waals surface area contributed by atoms with Gasteiger partial charge in [-0.15, -0.1) is 0 Å². The van der Waals surface area contributed by atoms with Gasteiger partial charge in [0.15, 0.2) is 0 Å². The smallest absolute Gasteiger partial charge is 0.251 e. The van der Waals surface area contributed by atoms with Gasteiger partial charge >= 0.3 is 0 Å². The molecule has 0 spiro atoms. The zero-order chi connectivity index (χ0) is 13.7. The summed E-state index contributed by atoms with van der Waals surface area (Å²) in [5.41, 5.74) is 1.06. The fourth-order valence-corrected chi connectivity index (χ4v) is 2.38. The number of likely N-dealkylation sites (tertiary alicyclic amines) is 1. The van der Waals surface area contributed by atoms with Crippen molar-refractivity contribution in [1.29, 1.82) is 5.26 Å². The number of hydrogen-bond acceptors (Lipinski definition) is 3. The lowest BCUT2D eigenvalue weighted by Gasteiger charge is -2.23. The first-order chi connectivity index (χ1) is 9.20. The number of benzene rings is 1. The second-order valence-electron chi connectivity index (χ2n) is 4.99. The summed E-state index contributed by atoms with van der Waals surface area (Å²) in [5.74, 6) is -0.108. The molecule has 2 rings (SSSR count). The number of carbonyl (C=O) groups is 1. The van der Waals surface area contributed by atoms with Gasteiger partial charge in [-0.2, -0.15) is 5.26 Å². The number of nitriles is 1. The summed E-state index contributed by atoms with van der Waals surface area (Å²) in [6.07, 6.45) is 2.50. The van der Waals surface area contributed by atoms with Crippen LogP contribution in [0.5, 0.6) is 0 Å². The fourth-order valence-electron chi connectivity index (χ4n) is 2.38. The number of amides is 1. The van der Waals surface area contributed by atoms with Gasteiger partial charge in [0, 0.05) is 18.2 Å². The first kappa shape index (κ1) is 13.6. The van der Waals surface area contributed by atoms with Crippen LogP contribution >= 0.6 is 0 Å². The summed E-state index contributed by atoms with van der Waals surface area (Å²) < 4.78 is 0. The molecule has 4 nitrogen and oxygen atoms in total. The van der Waals surface area contributed by atoms with Crippen molar-refractivity contribution in [2.45, 2.75) is 25.8 Å². The number of rotatable bonds is 4. The van der Waals surface area contributed by atoms with E-state index in [4.69, 9.17) is 5.26 Å². The van der Waals surface area contributed by atoms with Crippen molar-refractivity contribution in [3.63, 3.8) is 0 Å². The number of nitrogens with one attached hydrogen (secondary N) is 1. The minimum absolute atomic E-state index is 0.108. The number of carbonyl (C=O) groups excluding carboxylic acids is 1. The van der Waals surface area contributed by atoms with Crippen LogP contribution in [0, 0.1) is 11.3 Å². The minimum Gasteiger partial charge on any atom is -0.350 e. The van der Waals surface area contributed by atoms with Gasteiger partial charge in [0.1, 0.15) is 0 Å². The van der Waals surface area contributed by atoms with Gasteiger partial charge < -0.3 is 5.32 Å². The van der Waals surface area contributed by atoms with E-state index in [1.807, 2.05) is 6.07 Å². The Morgan fingerprint density at radius 1 is 1.47 bits per heavy atom. The summed E-state index contributed by atoms with van der Waals surface area (Å²) in [6.45, 7) is 5.04. The lowest BCUT2D eigenvalue weighted by molar-refractivity contribution is 0.0940. The lowest BCUT2D eigenvalue weighted by atomic mass is 10.1. The van der Waals surface area contributed by atoms with Crippen LogP contribution in [0.3, 0.4) is 0 Å². The first-order valence-electron chi connectivity index (χ1n) is 6.73. The molecule has 0 aromatic heterocycles. The zero-order valence-corrected chi connectivity index (χ0v) is 11.2. The van der Waals surface area contributed by atoms with Crippen LogP contribution in [0.1, 0.15) is 35.7 Å². The van der Waals surface area contributed by atoms with E-state index in [1.54, 1.807) is 24.3 Å². The molecule has 100 valence electrons. The molecule has 1 aromatic carbocycles. The standard InChI is InChI=1S/C15H19N3O/c1-12(18-7-2-3-8-18)11-17-15(19)14-6-4-5-13(9-14)10-16/h4-6,9,12H,2-3,7-8,11H2,1H3,(H,17,19)/t12-/m0/s1. The molecule has 0 bridgehead atoms. The quantitative estimate of drug-likeness (QED) is 0.894. The van der Waals surface area contributed by atoms with Gasteiger partial charge in [0.2, 0.25) is 0 Å². The molecule has 1 fully saturated rings. The highest BCUT2D eigenvalue weighted by Gasteiger charge is 2.18. The van der Waals surface area contributed by atoms with Crippen LogP contribution in [0.15, 0.2) is 24.3 Å². The van der Waals surface area contributed by atoms with E-state index in [2.05, 4.69) is 17.1 Å². The summed E-state index contributed by atoms with van der Waals surface area (Å²) in [6, 6.07) is 9.20. The Morgan fingerprint density at radius 2 is 2.21 bits per heavy atom. The Balaban J connectivity index is 1.88. The maximum Gasteiger partial charge on any atom is 0.251 e. The third kappa shape index (κ3) is 3.55. The van der Waals surface area contributed by atoms with E-state index < -0.39 is 0 Å². The molecule has 1 aromatic rings. The van der Waals surface area contributed by atoms with E-state index in [9.17, 15) is 4.79 Å². The predicted octanol–water partition coefficient (Wildman–Crippen LogP) is 1.77. The van der Waals surface area contributed by atoms with Crippen LogP contribution in [-0.2, 0) is 0 Å². The predicted molar refractivity (Wildman–Crippen MR) is 73.8 cm³/mol. The van der Waals surface area contributed by atoms with E-state index in [0.717, 1.165) is 13.1 Å². The van der Waals surface area contributed by atoms with Crippen LogP contribution in [0.4, 0.5) is 0 Å². The van der Waals surface area contributed by atoms with Crippen molar-refractivity contribution in [2.75, 3.05) is 19.6 Å². The van der Waals surface area contributed by atoms with Crippen molar-refractivity contribution < 1.29 is 4.79 Å². The van der Waals surface area contributed by atoms with Gasteiger partial charge in [0.05, 0.1) is 11.6 Å². The van der Waals surface area contributed by atoms with Gasteiger partial charge in [0.25, 0.3) is 5.91 Å². The second kappa shape index (κ2) is 6.35. The maximum atomic E-state index is 12.0. The Hall–Kier alpha value is -1.86. The SMILES string of the molecule is C[C@@H](CNC(=O)c1cccc(C#N)c1)N1CCCC1. The van der Waals surface area contributed by atoms with Gasteiger partial charge in [-0.25, -0.2) is 0 Å². The van der Waals surface area contributed by atoms with Crippen molar-refractivity contribution in [3.8, 4) is 6.07 Å². The summed E-state index contributed by atoms with van der Waals surface area (Å²) in [4.78, 5) is 14.4. The zero-order valence-electron chi connectivity index (χ0n) is 11.2. The molecular weight excluding hydrogens is 238 g/mol. The molecule has 19 heavy (non-hydrogen) atoms. The Kier molecular flexibility index (Phi) is 4.53. The van der Waals surface area contributed by atoms with Crippen LogP contribution in [0.2, 0.25) is 0 Å². The van der Waals surface area contributed by atoms with E-state index in [0.29, 0.717) is 23.7 Å². The van der Waals surface area contributed by atoms with Gasteiger partial charge in [-0.1, -0.05) is 6.07 Å². The highest BCUT2D eigenvalue weighted by molar-refractivity contribution is 5.94. The topological polar surface area (TPSA) is 56.1 Å². The number of hydrogen-bond donors (Lipinski definition) is 1. The first-order valence-corrected chi connectivity index (χ1v) is 6.73. The molecular formula is C15H19N3O. The van der Waals surface area contributed by atoms with E-state index >= 15 is 0 Å². The minimum atomic E-state index is -0.108. The summed E-state index contributed by atoms with van der Waals surface area (Å²) in [5, 5.41) is 11.8. The third-order valence-electron chi connectivity index (χ3n) is 3.58. The van der Waals surface area contributed by atoms with E-state index in [-0.39, 0.29) is 5.91 Å². The molecule has 0 saturated carbocycles. The molecule has 0 unspecified atom stereocenters. The summed E-state index contributed by atoms with van der Waals surface area (Å²) >= 11 is 0. The molecule has 1 aliphatic rings. The normalized spacial score (nSPS) is 16.8. The van der Waals surface area contributed by atoms with E-state index in [1.165, 1.54) is 12.8 Å². The maximum absolute atomic E-state index is 12.0. The number of nitrogens with zero attached hydrogens (tertiary/aromatic N) is 2. The van der Waals surface area contributed by atoms with Gasteiger partial charge in [-0.05, 0) is 51.1 Å². The molecule has 1 amide bonds. The van der Waals surface area contributed by atoms with Crippen molar-refractivity contribution in [2.24, 2.45) is 0 Å². The van der Waals surface area contributed by atoms with Crippen molar-refractivity contribution >= 4 is 5.91 Å². The largest absolute Gasteiger partial charge is 0.350 e. The lowest BCUT2D eigenvalue weighted by Crippen LogP contribution is -2.40. The van der Waals surface area contributed by atoms with Crippen molar-refractivity contribution in [1.82, 2.24) is 10.2 Å². The van der Waals surface area contributed by atoms with Crippen LogP contribution in [-0.4, -0.2) is 36.5 Å². The second-order valence-corrected chi connectivity index (χ2v) is 4.99. The molecule has 1 atom stereocenters. The fraction of sp³-hybridized carbons (Fsp3) is 0.467. The van der Waals surface area contributed by atoms with Crippen LogP contribution < -0.4 is 5.32 Å². The highest BCUT2D eigenvalue weighted by Crippen LogP contribution is 2.11. The summed E-state index contributed by atoms with van der Waals surface area (Å²) in [7, 11) is 0. The Morgan fingerprint density at radius 3 is 2.89 bits per heavy atom. The molecule has 1 heterocycles. The third-order valence-corrected chi connectivity index (χ3v) is 3.58. The molecule has 1 aliphatic heterocycles. The van der Waals surface area contributed by atoms with Crippen molar-refractivity contribution in [3.05, 3.63) is 35.4 Å². The molecule has 0 radical (unpaired) electrons. The average Bonchev–Trinajstić information content (AvgIpc) is 2.98. The molecule has 4 heteroatoms. The Labute approximate surface area is 114 Å². The highest BCUT2D eigenvalue weighted by atomic mass is 16.1. The molecule has 1 N–H and O–H groups in total. The monoisotopic (exact) mass is 257 g/mol. The average molecular weight is 257 g/mol. The molecule has 0 aliphatic carbocycles. The Bertz CT molecular complexity index is 486. The van der Waals surface area contributed by atoms with Crippen LogP contribution in [0.25, 0.3) is 0 Å². The van der Waals surface area contributed by atoms with Gasteiger partial charge in [-0.3, -0.25) is 9.69 Å². The molecule has 1 saturated heterocycles.